The van der Waals surface area contributed by atoms with Crippen molar-refractivity contribution in [1.82, 2.24) is 10.6 Å². The summed E-state index contributed by atoms with van der Waals surface area (Å²) in [6.07, 6.45) is 4.19. The van der Waals surface area contributed by atoms with E-state index in [9.17, 15) is 4.79 Å². The molecule has 106 valence electrons. The van der Waals surface area contributed by atoms with Crippen LogP contribution in [-0.4, -0.2) is 24.0 Å². The van der Waals surface area contributed by atoms with Gasteiger partial charge in [-0.1, -0.05) is 43.2 Å². The normalized spacial score (nSPS) is 31.4. The number of nitrogens with zero attached hydrogens (tertiary/aromatic N) is 1. The smallest absolute Gasteiger partial charge is 0.253 e. The molecule has 1 saturated carbocycles. The Hall–Kier alpha value is -1.84. The van der Waals surface area contributed by atoms with Crippen molar-refractivity contribution in [2.24, 2.45) is 4.99 Å². The van der Waals surface area contributed by atoms with Gasteiger partial charge in [0.2, 0.25) is 0 Å². The summed E-state index contributed by atoms with van der Waals surface area (Å²) in [6, 6.07) is 10.4. The molecule has 1 aromatic rings. The molecule has 2 aliphatic rings. The van der Waals surface area contributed by atoms with Crippen LogP contribution in [-0.2, 0) is 4.79 Å². The highest BCUT2D eigenvalue weighted by atomic mass is 16.2. The molecule has 2 N–H and O–H groups in total. The fourth-order valence-electron chi connectivity index (χ4n) is 3.49. The van der Waals surface area contributed by atoms with Crippen LogP contribution in [0.3, 0.4) is 0 Å². The second-order valence-electron chi connectivity index (χ2n) is 5.58. The zero-order chi connectivity index (χ0) is 14.0. The van der Waals surface area contributed by atoms with Crippen LogP contribution in [0.15, 0.2) is 35.3 Å². The number of carbonyl (C=O) groups excluding carboxylic acids is 1. The minimum absolute atomic E-state index is 0.0817. The highest BCUT2D eigenvalue weighted by Gasteiger charge is 2.52. The molecular weight excluding hydrogens is 250 g/mol. The first-order valence-electron chi connectivity index (χ1n) is 7.45. The van der Waals surface area contributed by atoms with Crippen LogP contribution >= 0.6 is 0 Å². The maximum Gasteiger partial charge on any atom is 0.253 e. The molecule has 0 aromatic heterocycles. The fourth-order valence-corrected chi connectivity index (χ4v) is 3.49. The summed E-state index contributed by atoms with van der Waals surface area (Å²) < 4.78 is 0. The van der Waals surface area contributed by atoms with Crippen LogP contribution in [0.2, 0.25) is 0 Å². The Morgan fingerprint density at radius 3 is 2.85 bits per heavy atom. The first-order valence-corrected chi connectivity index (χ1v) is 7.45. The Morgan fingerprint density at radius 1 is 1.30 bits per heavy atom. The van der Waals surface area contributed by atoms with Crippen molar-refractivity contribution in [2.75, 3.05) is 6.54 Å². The third kappa shape index (κ3) is 2.09. The van der Waals surface area contributed by atoms with Crippen LogP contribution in [0, 0.1) is 0 Å². The molecular formula is C16H21N3O. The van der Waals surface area contributed by atoms with Crippen LogP contribution in [0.25, 0.3) is 0 Å². The van der Waals surface area contributed by atoms with Crippen LogP contribution in [0.5, 0.6) is 0 Å². The highest BCUT2D eigenvalue weighted by molar-refractivity contribution is 6.09. The van der Waals surface area contributed by atoms with Crippen molar-refractivity contribution in [2.45, 2.75) is 44.1 Å². The van der Waals surface area contributed by atoms with E-state index in [-0.39, 0.29) is 11.8 Å². The molecule has 1 aliphatic carbocycles. The van der Waals surface area contributed by atoms with Gasteiger partial charge in [0, 0.05) is 12.5 Å². The zero-order valence-electron chi connectivity index (χ0n) is 11.9. The molecule has 1 amide bonds. The summed E-state index contributed by atoms with van der Waals surface area (Å²) in [5.41, 5.74) is 0.737. The molecule has 2 fully saturated rings. The SMILES string of the molecule is CCN=C1NC(=O)C2(CCCCC2c2ccccc2)N1. The minimum Gasteiger partial charge on any atom is -0.341 e. The number of rotatable bonds is 2. The Morgan fingerprint density at radius 2 is 2.10 bits per heavy atom. The predicted octanol–water partition coefficient (Wildman–Crippen LogP) is 2.18. The van der Waals surface area contributed by atoms with Crippen molar-refractivity contribution in [1.29, 1.82) is 0 Å². The summed E-state index contributed by atoms with van der Waals surface area (Å²) in [5.74, 6) is 0.945. The van der Waals surface area contributed by atoms with Gasteiger partial charge in [0.1, 0.15) is 5.54 Å². The third-order valence-corrected chi connectivity index (χ3v) is 4.41. The molecule has 0 radical (unpaired) electrons. The lowest BCUT2D eigenvalue weighted by molar-refractivity contribution is -0.125. The number of hydrogen-bond acceptors (Lipinski definition) is 2. The second-order valence-corrected chi connectivity index (χ2v) is 5.58. The summed E-state index contributed by atoms with van der Waals surface area (Å²) in [4.78, 5) is 16.9. The van der Waals surface area contributed by atoms with Gasteiger partial charge in [-0.2, -0.15) is 0 Å². The van der Waals surface area contributed by atoms with E-state index in [1.165, 1.54) is 12.0 Å². The van der Waals surface area contributed by atoms with Gasteiger partial charge < -0.3 is 5.32 Å². The van der Waals surface area contributed by atoms with Gasteiger partial charge in [-0.3, -0.25) is 15.1 Å². The standard InChI is InChI=1S/C16H21N3O/c1-2-17-15-18-14(20)16(19-15)11-7-6-10-13(16)12-8-4-3-5-9-12/h3-5,8-9,13H,2,6-7,10-11H2,1H3,(H2,17,18,19,20). The summed E-state index contributed by atoms with van der Waals surface area (Å²) in [7, 11) is 0. The van der Waals surface area contributed by atoms with Crippen molar-refractivity contribution in [3.8, 4) is 0 Å². The number of guanidine groups is 1. The van der Waals surface area contributed by atoms with E-state index < -0.39 is 5.54 Å². The van der Waals surface area contributed by atoms with E-state index in [0.717, 1.165) is 19.3 Å². The van der Waals surface area contributed by atoms with Gasteiger partial charge in [-0.25, -0.2) is 0 Å². The van der Waals surface area contributed by atoms with Gasteiger partial charge in [0.15, 0.2) is 5.96 Å². The Labute approximate surface area is 119 Å². The highest BCUT2D eigenvalue weighted by Crippen LogP contribution is 2.42. The van der Waals surface area contributed by atoms with Gasteiger partial charge in [0.05, 0.1) is 0 Å². The molecule has 2 atom stereocenters. The van der Waals surface area contributed by atoms with Gasteiger partial charge in [-0.15, -0.1) is 0 Å². The van der Waals surface area contributed by atoms with Crippen molar-refractivity contribution < 1.29 is 4.79 Å². The topological polar surface area (TPSA) is 53.5 Å². The molecule has 1 saturated heterocycles. The van der Waals surface area contributed by atoms with Gasteiger partial charge in [-0.05, 0) is 25.3 Å². The number of carbonyl (C=O) groups is 1. The maximum absolute atomic E-state index is 12.6. The molecule has 3 rings (SSSR count). The van der Waals surface area contributed by atoms with Crippen LogP contribution in [0.4, 0.5) is 0 Å². The molecule has 4 heteroatoms. The number of aliphatic imine (C=N–C) groups is 1. The average molecular weight is 271 g/mol. The first-order chi connectivity index (χ1) is 9.76. The van der Waals surface area contributed by atoms with Crippen molar-refractivity contribution in [3.05, 3.63) is 35.9 Å². The largest absolute Gasteiger partial charge is 0.341 e. The summed E-state index contributed by atoms with van der Waals surface area (Å²) >= 11 is 0. The molecule has 1 aromatic carbocycles. The average Bonchev–Trinajstić information content (AvgIpc) is 2.77. The second kappa shape index (κ2) is 5.27. The lowest BCUT2D eigenvalue weighted by Crippen LogP contribution is -2.53. The molecule has 1 aliphatic heterocycles. The number of hydrogen-bond donors (Lipinski definition) is 2. The molecule has 4 nitrogen and oxygen atoms in total. The van der Waals surface area contributed by atoms with Crippen molar-refractivity contribution >= 4 is 11.9 Å². The molecule has 1 heterocycles. The van der Waals surface area contributed by atoms with Gasteiger partial charge in [0.25, 0.3) is 5.91 Å². The van der Waals surface area contributed by atoms with E-state index in [0.29, 0.717) is 12.5 Å². The lowest BCUT2D eigenvalue weighted by Gasteiger charge is -2.39. The van der Waals surface area contributed by atoms with E-state index in [1.807, 2.05) is 25.1 Å². The number of benzene rings is 1. The zero-order valence-corrected chi connectivity index (χ0v) is 11.9. The van der Waals surface area contributed by atoms with E-state index in [2.05, 4.69) is 27.8 Å². The van der Waals surface area contributed by atoms with Crippen molar-refractivity contribution in [3.63, 3.8) is 0 Å². The number of nitrogens with one attached hydrogen (secondary N) is 2. The van der Waals surface area contributed by atoms with Crippen LogP contribution in [0.1, 0.15) is 44.1 Å². The quantitative estimate of drug-likeness (QED) is 0.866. The van der Waals surface area contributed by atoms with E-state index in [1.54, 1.807) is 0 Å². The Kier molecular flexibility index (Phi) is 3.47. The maximum atomic E-state index is 12.6. The summed E-state index contributed by atoms with van der Waals surface area (Å²) in [6.45, 7) is 2.65. The summed E-state index contributed by atoms with van der Waals surface area (Å²) in [5, 5.41) is 6.31. The van der Waals surface area contributed by atoms with E-state index in [4.69, 9.17) is 0 Å². The molecule has 20 heavy (non-hydrogen) atoms. The first kappa shape index (κ1) is 13.2. The molecule has 0 bridgehead atoms. The van der Waals surface area contributed by atoms with E-state index >= 15 is 0 Å². The van der Waals surface area contributed by atoms with Crippen LogP contribution < -0.4 is 10.6 Å². The molecule has 2 unspecified atom stereocenters. The van der Waals surface area contributed by atoms with Gasteiger partial charge >= 0.3 is 0 Å². The predicted molar refractivity (Wildman–Crippen MR) is 79.6 cm³/mol. The molecule has 1 spiro atoms. The minimum atomic E-state index is -0.506. The third-order valence-electron chi connectivity index (χ3n) is 4.41. The Balaban J connectivity index is 1.97. The lowest BCUT2D eigenvalue weighted by atomic mass is 9.69. The Bertz CT molecular complexity index is 526. The fraction of sp³-hybridized carbons (Fsp3) is 0.500. The monoisotopic (exact) mass is 271 g/mol. The number of amides is 1.